The van der Waals surface area contributed by atoms with Gasteiger partial charge >= 0.3 is 0 Å². The van der Waals surface area contributed by atoms with Crippen molar-refractivity contribution >= 4 is 0 Å². The molecule has 0 amide bonds. The zero-order chi connectivity index (χ0) is 9.36. The van der Waals surface area contributed by atoms with Crippen molar-refractivity contribution < 1.29 is 5.11 Å². The van der Waals surface area contributed by atoms with Gasteiger partial charge in [0.1, 0.15) is 0 Å². The Morgan fingerprint density at radius 1 is 1.08 bits per heavy atom. The summed E-state index contributed by atoms with van der Waals surface area (Å²) in [5.74, 6) is 0. The maximum absolute atomic E-state index is 8.55. The van der Waals surface area contributed by atoms with Gasteiger partial charge in [0.05, 0.1) is 0 Å². The number of aliphatic hydroxyl groups excluding tert-OH is 1. The molecule has 0 radical (unpaired) electrons. The molecule has 2 N–H and O–H groups in total. The van der Waals surface area contributed by atoms with Crippen LogP contribution in [0.15, 0.2) is 0 Å². The molecule has 0 bridgehead atoms. The van der Waals surface area contributed by atoms with E-state index >= 15 is 0 Å². The third kappa shape index (κ3) is 5.24. The van der Waals surface area contributed by atoms with E-state index in [1.807, 2.05) is 0 Å². The predicted molar refractivity (Wildman–Crippen MR) is 54.9 cm³/mol. The van der Waals surface area contributed by atoms with E-state index in [1.165, 1.54) is 38.9 Å². The summed E-state index contributed by atoms with van der Waals surface area (Å²) in [5.41, 5.74) is 0. The lowest BCUT2D eigenvalue weighted by molar-refractivity contribution is 0.284. The van der Waals surface area contributed by atoms with Gasteiger partial charge in [0.25, 0.3) is 0 Å². The number of hydrogen-bond acceptors (Lipinski definition) is 3. The van der Waals surface area contributed by atoms with Gasteiger partial charge < -0.3 is 15.3 Å². The molecule has 1 fully saturated rings. The molecule has 78 valence electrons. The molecule has 1 aliphatic heterocycles. The molecule has 0 aromatic rings. The van der Waals surface area contributed by atoms with Crippen LogP contribution in [0.5, 0.6) is 0 Å². The van der Waals surface area contributed by atoms with Gasteiger partial charge in [-0.2, -0.15) is 0 Å². The monoisotopic (exact) mass is 186 g/mol. The lowest BCUT2D eigenvalue weighted by Gasteiger charge is -2.14. The van der Waals surface area contributed by atoms with Crippen LogP contribution in [-0.4, -0.2) is 49.3 Å². The van der Waals surface area contributed by atoms with Gasteiger partial charge in [0, 0.05) is 6.61 Å². The number of nitrogens with zero attached hydrogens (tertiary/aromatic N) is 1. The molecular formula is C10H22N2O. The summed E-state index contributed by atoms with van der Waals surface area (Å²) in [5, 5.41) is 11.9. The van der Waals surface area contributed by atoms with Crippen molar-refractivity contribution in [3.8, 4) is 0 Å². The van der Waals surface area contributed by atoms with Crippen molar-refractivity contribution in [3.63, 3.8) is 0 Å². The van der Waals surface area contributed by atoms with Gasteiger partial charge in [-0.15, -0.1) is 0 Å². The molecule has 0 saturated carbocycles. The maximum Gasteiger partial charge on any atom is 0.0443 e. The first-order valence-corrected chi connectivity index (χ1v) is 5.47. The summed E-state index contributed by atoms with van der Waals surface area (Å²) < 4.78 is 0. The molecule has 1 saturated heterocycles. The standard InChI is InChI=1S/C10H22N2O/c13-10-4-6-11-5-3-9-12-7-1-2-8-12/h11,13H,1-10H2. The Morgan fingerprint density at radius 3 is 2.46 bits per heavy atom. The molecule has 0 aromatic carbocycles. The summed E-state index contributed by atoms with van der Waals surface area (Å²) in [7, 11) is 0. The van der Waals surface area contributed by atoms with E-state index in [-0.39, 0.29) is 0 Å². The van der Waals surface area contributed by atoms with Crippen molar-refractivity contribution in [1.82, 2.24) is 10.2 Å². The van der Waals surface area contributed by atoms with Crippen LogP contribution in [0, 0.1) is 0 Å². The Morgan fingerprint density at radius 2 is 1.77 bits per heavy atom. The Labute approximate surface area is 81.1 Å². The Kier molecular flexibility index (Phi) is 6.15. The maximum atomic E-state index is 8.55. The van der Waals surface area contributed by atoms with Gasteiger partial charge in [-0.25, -0.2) is 0 Å². The zero-order valence-electron chi connectivity index (χ0n) is 8.47. The zero-order valence-corrected chi connectivity index (χ0v) is 8.47. The van der Waals surface area contributed by atoms with Gasteiger partial charge in [-0.05, 0) is 58.4 Å². The van der Waals surface area contributed by atoms with Crippen molar-refractivity contribution in [1.29, 1.82) is 0 Å². The molecule has 3 nitrogen and oxygen atoms in total. The van der Waals surface area contributed by atoms with Crippen LogP contribution in [0.1, 0.15) is 25.7 Å². The van der Waals surface area contributed by atoms with E-state index in [4.69, 9.17) is 5.11 Å². The SMILES string of the molecule is OCCCNCCCN1CCCC1. The van der Waals surface area contributed by atoms with Gasteiger partial charge in [0.15, 0.2) is 0 Å². The third-order valence-electron chi connectivity index (χ3n) is 2.54. The molecule has 1 heterocycles. The minimum atomic E-state index is 0.305. The molecule has 1 aliphatic rings. The predicted octanol–water partition coefficient (Wildman–Crippen LogP) is 0.444. The molecule has 1 rings (SSSR count). The Balaban J connectivity index is 1.78. The molecule has 13 heavy (non-hydrogen) atoms. The lowest BCUT2D eigenvalue weighted by atomic mass is 10.3. The average Bonchev–Trinajstić information content (AvgIpc) is 2.63. The first kappa shape index (κ1) is 11.0. The smallest absolute Gasteiger partial charge is 0.0443 e. The molecule has 0 atom stereocenters. The Bertz CT molecular complexity index is 113. The average molecular weight is 186 g/mol. The van der Waals surface area contributed by atoms with Crippen LogP contribution >= 0.6 is 0 Å². The highest BCUT2D eigenvalue weighted by Gasteiger charge is 2.09. The Hall–Kier alpha value is -0.120. The van der Waals surface area contributed by atoms with E-state index in [9.17, 15) is 0 Å². The van der Waals surface area contributed by atoms with Gasteiger partial charge in [0.2, 0.25) is 0 Å². The highest BCUT2D eigenvalue weighted by molar-refractivity contribution is 4.66. The molecule has 3 heteroatoms. The highest BCUT2D eigenvalue weighted by Crippen LogP contribution is 2.06. The number of likely N-dealkylation sites (tertiary alicyclic amines) is 1. The van der Waals surface area contributed by atoms with Gasteiger partial charge in [-0.1, -0.05) is 0 Å². The van der Waals surface area contributed by atoms with Crippen LogP contribution in [0.3, 0.4) is 0 Å². The second kappa shape index (κ2) is 7.30. The van der Waals surface area contributed by atoms with Crippen LogP contribution in [0.2, 0.25) is 0 Å². The largest absolute Gasteiger partial charge is 0.396 e. The molecule has 0 aliphatic carbocycles. The van der Waals surface area contributed by atoms with Gasteiger partial charge in [-0.3, -0.25) is 0 Å². The molecular weight excluding hydrogens is 164 g/mol. The summed E-state index contributed by atoms with van der Waals surface area (Å²) in [6.45, 7) is 6.20. The minimum absolute atomic E-state index is 0.305. The lowest BCUT2D eigenvalue weighted by Crippen LogP contribution is -2.25. The molecule has 0 aromatic heterocycles. The molecule has 0 spiro atoms. The van der Waals surface area contributed by atoms with E-state index < -0.39 is 0 Å². The second-order valence-electron chi connectivity index (χ2n) is 3.73. The number of aliphatic hydroxyl groups is 1. The van der Waals surface area contributed by atoms with Crippen molar-refractivity contribution in [3.05, 3.63) is 0 Å². The van der Waals surface area contributed by atoms with E-state index in [1.54, 1.807) is 0 Å². The van der Waals surface area contributed by atoms with Crippen molar-refractivity contribution in [2.75, 3.05) is 39.3 Å². The van der Waals surface area contributed by atoms with E-state index in [0.29, 0.717) is 6.61 Å². The normalized spacial score (nSPS) is 18.2. The molecule has 0 unspecified atom stereocenters. The van der Waals surface area contributed by atoms with Crippen LogP contribution < -0.4 is 5.32 Å². The summed E-state index contributed by atoms with van der Waals surface area (Å²) in [4.78, 5) is 2.54. The second-order valence-corrected chi connectivity index (χ2v) is 3.73. The van der Waals surface area contributed by atoms with Crippen LogP contribution in [0.4, 0.5) is 0 Å². The van der Waals surface area contributed by atoms with Crippen LogP contribution in [-0.2, 0) is 0 Å². The quantitative estimate of drug-likeness (QED) is 0.567. The minimum Gasteiger partial charge on any atom is -0.396 e. The summed E-state index contributed by atoms with van der Waals surface area (Å²) in [6.07, 6.45) is 4.89. The first-order valence-electron chi connectivity index (χ1n) is 5.47. The highest BCUT2D eigenvalue weighted by atomic mass is 16.3. The third-order valence-corrected chi connectivity index (χ3v) is 2.54. The van der Waals surface area contributed by atoms with E-state index in [2.05, 4.69) is 10.2 Å². The van der Waals surface area contributed by atoms with E-state index in [0.717, 1.165) is 19.5 Å². The summed E-state index contributed by atoms with van der Waals surface area (Å²) in [6, 6.07) is 0. The van der Waals surface area contributed by atoms with Crippen molar-refractivity contribution in [2.45, 2.75) is 25.7 Å². The number of hydrogen-bond donors (Lipinski definition) is 2. The topological polar surface area (TPSA) is 35.5 Å². The fourth-order valence-electron chi connectivity index (χ4n) is 1.76. The number of rotatable bonds is 7. The number of nitrogens with one attached hydrogen (secondary N) is 1. The summed E-state index contributed by atoms with van der Waals surface area (Å²) >= 11 is 0. The fraction of sp³-hybridized carbons (Fsp3) is 1.00. The fourth-order valence-corrected chi connectivity index (χ4v) is 1.76. The van der Waals surface area contributed by atoms with Crippen LogP contribution in [0.25, 0.3) is 0 Å². The van der Waals surface area contributed by atoms with Crippen molar-refractivity contribution in [2.24, 2.45) is 0 Å². The first-order chi connectivity index (χ1) is 6.43.